The number of hydrogen-bond donors (Lipinski definition) is 0. The van der Waals surface area contributed by atoms with Crippen LogP contribution in [0, 0.1) is 0 Å². The van der Waals surface area contributed by atoms with E-state index in [-0.39, 0.29) is 16.2 Å². The summed E-state index contributed by atoms with van der Waals surface area (Å²) in [5, 5.41) is 2.84. The van der Waals surface area contributed by atoms with Crippen molar-refractivity contribution in [2.45, 2.75) is 90.1 Å². The predicted molar refractivity (Wildman–Crippen MR) is 172 cm³/mol. The molecule has 0 aliphatic rings. The summed E-state index contributed by atoms with van der Waals surface area (Å²) in [6.07, 6.45) is 5.12. The van der Waals surface area contributed by atoms with Crippen molar-refractivity contribution >= 4 is 49.6 Å². The molecule has 2 nitrogen and oxygen atoms in total. The van der Waals surface area contributed by atoms with E-state index in [4.69, 9.17) is 8.85 Å². The lowest BCUT2D eigenvalue weighted by molar-refractivity contribution is 0.214. The predicted octanol–water partition coefficient (Wildman–Crippen LogP) is 8.63. The fourth-order valence-electron chi connectivity index (χ4n) is 4.41. The zero-order chi connectivity index (χ0) is 27.0. The summed E-state index contributed by atoms with van der Waals surface area (Å²) >= 11 is 2.30. The Morgan fingerprint density at radius 2 is 1.36 bits per heavy atom. The molecule has 0 amide bonds. The number of halogens is 1. The Labute approximate surface area is 237 Å². The van der Waals surface area contributed by atoms with Gasteiger partial charge in [-0.25, -0.2) is 0 Å². The standard InChI is InChI=1S/C31H47IO2Si2/c1-26(20-21-27(22-24-32)34-35(8,9)30(2,3)4)23-25-33-36(31(5,6)7,28-16-12-10-13-17-28)29-18-14-11-15-19-29/h10-19,22,24,27H,1,20-21,23,25H2,2-9H3/b24-22+/t27-/m0/s1. The van der Waals surface area contributed by atoms with Crippen molar-refractivity contribution in [3.63, 3.8) is 0 Å². The fraction of sp³-hybridized carbons (Fsp3) is 0.484. The van der Waals surface area contributed by atoms with E-state index in [0.29, 0.717) is 6.61 Å². The molecule has 2 aromatic carbocycles. The first-order chi connectivity index (χ1) is 16.7. The quantitative estimate of drug-likeness (QED) is 0.132. The lowest BCUT2D eigenvalue weighted by atomic mass is 10.1. The lowest BCUT2D eigenvalue weighted by Crippen LogP contribution is -2.66. The summed E-state index contributed by atoms with van der Waals surface area (Å²) in [4.78, 5) is 0. The van der Waals surface area contributed by atoms with Crippen LogP contribution in [0.2, 0.25) is 23.2 Å². The van der Waals surface area contributed by atoms with Gasteiger partial charge in [0.25, 0.3) is 8.32 Å². The molecule has 0 radical (unpaired) electrons. The molecule has 36 heavy (non-hydrogen) atoms. The van der Waals surface area contributed by atoms with Gasteiger partial charge in [-0.2, -0.15) is 0 Å². The first kappa shape index (κ1) is 31.2. The minimum Gasteiger partial charge on any atom is -0.411 e. The zero-order valence-electron chi connectivity index (χ0n) is 23.7. The highest BCUT2D eigenvalue weighted by atomic mass is 127. The summed E-state index contributed by atoms with van der Waals surface area (Å²) in [6.45, 7) is 23.6. The number of benzene rings is 2. The van der Waals surface area contributed by atoms with Crippen molar-refractivity contribution in [3.05, 3.63) is 83.0 Å². The van der Waals surface area contributed by atoms with Gasteiger partial charge in [0, 0.05) is 6.61 Å². The largest absolute Gasteiger partial charge is 0.411 e. The maximum Gasteiger partial charge on any atom is 0.261 e. The average molecular weight is 635 g/mol. The fourth-order valence-corrected chi connectivity index (χ4v) is 10.7. The Morgan fingerprint density at radius 3 is 1.78 bits per heavy atom. The summed E-state index contributed by atoms with van der Waals surface area (Å²) in [5.41, 5.74) is 1.23. The van der Waals surface area contributed by atoms with Crippen LogP contribution in [-0.2, 0) is 8.85 Å². The molecule has 0 unspecified atom stereocenters. The molecule has 5 heteroatoms. The molecule has 0 aliphatic carbocycles. The van der Waals surface area contributed by atoms with E-state index in [1.165, 1.54) is 15.9 Å². The van der Waals surface area contributed by atoms with E-state index in [1.807, 2.05) is 0 Å². The van der Waals surface area contributed by atoms with Crippen molar-refractivity contribution < 1.29 is 8.85 Å². The van der Waals surface area contributed by atoms with Crippen LogP contribution in [0.4, 0.5) is 0 Å². The van der Waals surface area contributed by atoms with E-state index in [1.54, 1.807) is 0 Å². The van der Waals surface area contributed by atoms with E-state index in [9.17, 15) is 0 Å². The van der Waals surface area contributed by atoms with E-state index < -0.39 is 16.6 Å². The first-order valence-electron chi connectivity index (χ1n) is 13.1. The summed E-state index contributed by atoms with van der Waals surface area (Å²) in [5.74, 6) is 0. The van der Waals surface area contributed by atoms with Gasteiger partial charge in [0.2, 0.25) is 0 Å². The molecule has 0 bridgehead atoms. The second-order valence-electron chi connectivity index (χ2n) is 12.3. The van der Waals surface area contributed by atoms with E-state index in [2.05, 4.69) is 155 Å². The van der Waals surface area contributed by atoms with Gasteiger partial charge in [-0.1, -0.05) is 143 Å². The van der Waals surface area contributed by atoms with Crippen molar-refractivity contribution in [3.8, 4) is 0 Å². The van der Waals surface area contributed by atoms with Gasteiger partial charge >= 0.3 is 0 Å². The van der Waals surface area contributed by atoms with Gasteiger partial charge in [-0.3, -0.25) is 0 Å². The Hall–Kier alpha value is -0.996. The molecular weight excluding hydrogens is 587 g/mol. The van der Waals surface area contributed by atoms with Crippen LogP contribution in [0.1, 0.15) is 60.8 Å². The minimum atomic E-state index is -2.50. The number of hydrogen-bond acceptors (Lipinski definition) is 2. The van der Waals surface area contributed by atoms with Crippen molar-refractivity contribution in [1.82, 2.24) is 0 Å². The third-order valence-electron chi connectivity index (χ3n) is 7.51. The first-order valence-corrected chi connectivity index (χ1v) is 19.2. The molecule has 0 saturated carbocycles. The van der Waals surface area contributed by atoms with Crippen LogP contribution in [0.5, 0.6) is 0 Å². The van der Waals surface area contributed by atoms with Gasteiger partial charge in [-0.15, -0.1) is 0 Å². The number of rotatable bonds is 12. The molecule has 0 spiro atoms. The summed E-state index contributed by atoms with van der Waals surface area (Å²) in [7, 11) is -4.33. The van der Waals surface area contributed by atoms with E-state index >= 15 is 0 Å². The molecule has 0 heterocycles. The Bertz CT molecular complexity index is 934. The van der Waals surface area contributed by atoms with Crippen molar-refractivity contribution in [2.24, 2.45) is 0 Å². The molecule has 0 aromatic heterocycles. The third kappa shape index (κ3) is 8.00. The summed E-state index contributed by atoms with van der Waals surface area (Å²) in [6, 6.07) is 21.7. The topological polar surface area (TPSA) is 18.5 Å². The van der Waals surface area contributed by atoms with Crippen LogP contribution >= 0.6 is 22.6 Å². The minimum absolute atomic E-state index is 0.00970. The third-order valence-corrected chi connectivity index (χ3v) is 17.5. The Morgan fingerprint density at radius 1 is 0.861 bits per heavy atom. The van der Waals surface area contributed by atoms with Crippen LogP contribution in [0.3, 0.4) is 0 Å². The highest BCUT2D eigenvalue weighted by Gasteiger charge is 2.50. The van der Waals surface area contributed by atoms with Crippen molar-refractivity contribution in [1.29, 1.82) is 0 Å². The maximum absolute atomic E-state index is 7.06. The van der Waals surface area contributed by atoms with Gasteiger partial charge < -0.3 is 8.85 Å². The molecule has 1 atom stereocenters. The lowest BCUT2D eigenvalue weighted by Gasteiger charge is -2.43. The molecule has 2 aromatic rings. The highest BCUT2D eigenvalue weighted by molar-refractivity contribution is 14.1. The SMILES string of the molecule is C=C(CCO[Si](c1ccccc1)(c1ccccc1)C(C)(C)C)CC[C@@H](/C=C/I)O[Si](C)(C)C(C)(C)C. The molecule has 0 fully saturated rings. The molecular formula is C31H47IO2Si2. The molecule has 0 aliphatic heterocycles. The molecule has 198 valence electrons. The van der Waals surface area contributed by atoms with Crippen LogP contribution in [0.25, 0.3) is 0 Å². The molecule has 0 N–H and O–H groups in total. The summed E-state index contributed by atoms with van der Waals surface area (Å²) < 4.78 is 15.8. The molecule has 0 saturated heterocycles. The van der Waals surface area contributed by atoms with Crippen LogP contribution in [-0.4, -0.2) is 29.3 Å². The smallest absolute Gasteiger partial charge is 0.261 e. The van der Waals surface area contributed by atoms with Gasteiger partial charge in [0.05, 0.1) is 6.10 Å². The molecule has 2 rings (SSSR count). The van der Waals surface area contributed by atoms with Crippen LogP contribution in [0.15, 0.2) is 83.0 Å². The second kappa shape index (κ2) is 13.2. The van der Waals surface area contributed by atoms with Gasteiger partial charge in [0.15, 0.2) is 8.32 Å². The van der Waals surface area contributed by atoms with E-state index in [0.717, 1.165) is 19.3 Å². The van der Waals surface area contributed by atoms with Crippen LogP contribution < -0.4 is 10.4 Å². The Kier molecular flexibility index (Phi) is 11.4. The van der Waals surface area contributed by atoms with Gasteiger partial charge in [-0.05, 0) is 56.9 Å². The average Bonchev–Trinajstić information content (AvgIpc) is 2.80. The monoisotopic (exact) mass is 634 g/mol. The Balaban J connectivity index is 2.13. The zero-order valence-corrected chi connectivity index (χ0v) is 27.9. The van der Waals surface area contributed by atoms with Crippen molar-refractivity contribution in [2.75, 3.05) is 6.61 Å². The second-order valence-corrected chi connectivity index (χ2v) is 22.1. The van der Waals surface area contributed by atoms with Gasteiger partial charge in [0.1, 0.15) is 0 Å². The highest BCUT2D eigenvalue weighted by Crippen LogP contribution is 2.39. The maximum atomic E-state index is 7.06. The normalized spacial score (nSPS) is 14.2.